The van der Waals surface area contributed by atoms with Crippen molar-refractivity contribution in [3.63, 3.8) is 0 Å². The first-order valence-corrected chi connectivity index (χ1v) is 8.90. The van der Waals surface area contributed by atoms with Crippen LogP contribution in [0.1, 0.15) is 91.2 Å². The van der Waals surface area contributed by atoms with Gasteiger partial charge in [-0.05, 0) is 31.1 Å². The minimum atomic E-state index is 0.485. The van der Waals surface area contributed by atoms with E-state index in [0.29, 0.717) is 5.41 Å². The van der Waals surface area contributed by atoms with Crippen LogP contribution < -0.4 is 0 Å². The Hall–Kier alpha value is -0.860. The Bertz CT molecular complexity index is 363. The summed E-state index contributed by atoms with van der Waals surface area (Å²) in [5, 5.41) is 8.51. The van der Waals surface area contributed by atoms with Crippen molar-refractivity contribution >= 4 is 0 Å². The van der Waals surface area contributed by atoms with Gasteiger partial charge in [0.1, 0.15) is 0 Å². The first-order chi connectivity index (χ1) is 10.0. The zero-order valence-electron chi connectivity index (χ0n) is 14.7. The highest BCUT2D eigenvalue weighted by Crippen LogP contribution is 2.22. The first-order valence-electron chi connectivity index (χ1n) is 8.90. The van der Waals surface area contributed by atoms with Crippen LogP contribution in [0.15, 0.2) is 6.20 Å². The fourth-order valence-electron chi connectivity index (χ4n) is 2.58. The van der Waals surface area contributed by atoms with E-state index in [1.165, 1.54) is 63.5 Å². The highest BCUT2D eigenvalue weighted by molar-refractivity contribution is 4.92. The molecule has 1 aromatic heterocycles. The SMILES string of the molecule is CCCCCCc1cn(CCCCCCC(C)(C)C)nn1. The van der Waals surface area contributed by atoms with Crippen molar-refractivity contribution in [2.75, 3.05) is 0 Å². The first kappa shape index (κ1) is 18.2. The summed E-state index contributed by atoms with van der Waals surface area (Å²) in [5.74, 6) is 0. The lowest BCUT2D eigenvalue weighted by atomic mass is 9.89. The maximum Gasteiger partial charge on any atom is 0.0827 e. The molecule has 0 saturated heterocycles. The molecule has 0 amide bonds. The van der Waals surface area contributed by atoms with E-state index in [1.54, 1.807) is 0 Å². The second kappa shape index (κ2) is 9.97. The summed E-state index contributed by atoms with van der Waals surface area (Å²) in [6.45, 7) is 10.2. The largest absolute Gasteiger partial charge is 0.252 e. The topological polar surface area (TPSA) is 30.7 Å². The van der Waals surface area contributed by atoms with Gasteiger partial charge in [-0.15, -0.1) is 5.10 Å². The van der Waals surface area contributed by atoms with E-state index >= 15 is 0 Å². The maximum atomic E-state index is 4.27. The van der Waals surface area contributed by atoms with E-state index in [-0.39, 0.29) is 0 Å². The Morgan fingerprint density at radius 2 is 1.67 bits per heavy atom. The zero-order chi connectivity index (χ0) is 15.6. The number of unbranched alkanes of at least 4 members (excludes halogenated alkanes) is 6. The van der Waals surface area contributed by atoms with Gasteiger partial charge < -0.3 is 0 Å². The summed E-state index contributed by atoms with van der Waals surface area (Å²) in [7, 11) is 0. The number of aromatic nitrogens is 3. The van der Waals surface area contributed by atoms with Crippen LogP contribution in [0.3, 0.4) is 0 Å². The molecule has 0 aliphatic heterocycles. The molecule has 1 rings (SSSR count). The smallest absolute Gasteiger partial charge is 0.0827 e. The molecule has 0 saturated carbocycles. The normalized spacial score (nSPS) is 12.0. The predicted molar refractivity (Wildman–Crippen MR) is 90.4 cm³/mol. The van der Waals surface area contributed by atoms with Gasteiger partial charge in [-0.3, -0.25) is 4.68 Å². The number of hydrogen-bond acceptors (Lipinski definition) is 2. The number of hydrogen-bond donors (Lipinski definition) is 0. The molecule has 0 unspecified atom stereocenters. The summed E-state index contributed by atoms with van der Waals surface area (Å²) < 4.78 is 2.03. The van der Waals surface area contributed by atoms with Crippen LogP contribution in [0.25, 0.3) is 0 Å². The van der Waals surface area contributed by atoms with Crippen LogP contribution in [0.4, 0.5) is 0 Å². The van der Waals surface area contributed by atoms with Crippen LogP contribution in [0.2, 0.25) is 0 Å². The molecule has 0 spiro atoms. The van der Waals surface area contributed by atoms with Crippen LogP contribution in [-0.4, -0.2) is 15.0 Å². The van der Waals surface area contributed by atoms with Gasteiger partial charge in [-0.25, -0.2) is 0 Å². The summed E-state index contributed by atoms with van der Waals surface area (Å²) in [4.78, 5) is 0. The number of nitrogens with zero attached hydrogens (tertiary/aromatic N) is 3. The Morgan fingerprint density at radius 3 is 2.38 bits per heavy atom. The molecule has 0 bridgehead atoms. The van der Waals surface area contributed by atoms with Gasteiger partial charge >= 0.3 is 0 Å². The molecule has 3 nitrogen and oxygen atoms in total. The summed E-state index contributed by atoms with van der Waals surface area (Å²) >= 11 is 0. The van der Waals surface area contributed by atoms with Gasteiger partial charge in [0.15, 0.2) is 0 Å². The monoisotopic (exact) mass is 293 g/mol. The minimum absolute atomic E-state index is 0.485. The number of aryl methyl sites for hydroxylation is 2. The predicted octanol–water partition coefficient (Wildman–Crippen LogP) is 5.40. The maximum absolute atomic E-state index is 4.27. The van der Waals surface area contributed by atoms with Gasteiger partial charge in [-0.1, -0.05) is 71.4 Å². The molecule has 1 heterocycles. The Kier molecular flexibility index (Phi) is 8.63. The molecule has 3 heteroatoms. The van der Waals surface area contributed by atoms with Crippen molar-refractivity contribution in [3.05, 3.63) is 11.9 Å². The van der Waals surface area contributed by atoms with E-state index in [9.17, 15) is 0 Å². The van der Waals surface area contributed by atoms with Gasteiger partial charge in [0, 0.05) is 12.7 Å². The summed E-state index contributed by atoms with van der Waals surface area (Å²) in [6, 6.07) is 0. The number of rotatable bonds is 11. The average molecular weight is 293 g/mol. The highest BCUT2D eigenvalue weighted by Gasteiger charge is 2.08. The Morgan fingerprint density at radius 1 is 0.952 bits per heavy atom. The minimum Gasteiger partial charge on any atom is -0.252 e. The van der Waals surface area contributed by atoms with E-state index in [1.807, 2.05) is 4.68 Å². The van der Waals surface area contributed by atoms with Crippen molar-refractivity contribution in [1.29, 1.82) is 0 Å². The standard InChI is InChI=1S/C18H35N3/c1-5-6-7-10-13-17-16-21(20-19-17)15-12-9-8-11-14-18(2,3)4/h16H,5-15H2,1-4H3. The molecule has 0 N–H and O–H groups in total. The lowest BCUT2D eigenvalue weighted by Crippen LogP contribution is -2.04. The van der Waals surface area contributed by atoms with Crippen LogP contribution in [0.5, 0.6) is 0 Å². The third-order valence-electron chi connectivity index (χ3n) is 3.94. The van der Waals surface area contributed by atoms with E-state index in [2.05, 4.69) is 44.2 Å². The lowest BCUT2D eigenvalue weighted by Gasteiger charge is -2.17. The lowest BCUT2D eigenvalue weighted by molar-refractivity contribution is 0.355. The highest BCUT2D eigenvalue weighted by atomic mass is 15.4. The molecule has 0 aliphatic rings. The fraction of sp³-hybridized carbons (Fsp3) is 0.889. The second-order valence-corrected chi connectivity index (χ2v) is 7.51. The van der Waals surface area contributed by atoms with Crippen LogP contribution in [0, 0.1) is 5.41 Å². The quantitative estimate of drug-likeness (QED) is 0.512. The molecule has 21 heavy (non-hydrogen) atoms. The Balaban J connectivity index is 2.06. The third kappa shape index (κ3) is 9.65. The molecular weight excluding hydrogens is 258 g/mol. The van der Waals surface area contributed by atoms with Crippen molar-refractivity contribution in [1.82, 2.24) is 15.0 Å². The van der Waals surface area contributed by atoms with Crippen molar-refractivity contribution < 1.29 is 0 Å². The average Bonchev–Trinajstić information content (AvgIpc) is 2.85. The van der Waals surface area contributed by atoms with Gasteiger partial charge in [0.25, 0.3) is 0 Å². The molecule has 0 radical (unpaired) electrons. The molecule has 0 fully saturated rings. The molecule has 0 atom stereocenters. The molecule has 1 aromatic rings. The molecule has 0 aliphatic carbocycles. The van der Waals surface area contributed by atoms with E-state index in [4.69, 9.17) is 0 Å². The van der Waals surface area contributed by atoms with E-state index in [0.717, 1.165) is 13.0 Å². The van der Waals surface area contributed by atoms with E-state index < -0.39 is 0 Å². The second-order valence-electron chi connectivity index (χ2n) is 7.51. The van der Waals surface area contributed by atoms with Gasteiger partial charge in [0.2, 0.25) is 0 Å². The van der Waals surface area contributed by atoms with Crippen molar-refractivity contribution in [2.24, 2.45) is 5.41 Å². The molecule has 0 aromatic carbocycles. The Labute approximate surface area is 131 Å². The van der Waals surface area contributed by atoms with Gasteiger partial charge in [0.05, 0.1) is 5.69 Å². The fourth-order valence-corrected chi connectivity index (χ4v) is 2.58. The summed E-state index contributed by atoms with van der Waals surface area (Å²) in [6.07, 6.45) is 15.0. The van der Waals surface area contributed by atoms with Crippen molar-refractivity contribution in [2.45, 2.75) is 98.4 Å². The van der Waals surface area contributed by atoms with Crippen LogP contribution in [-0.2, 0) is 13.0 Å². The summed E-state index contributed by atoms with van der Waals surface area (Å²) in [5.41, 5.74) is 1.65. The molecule has 122 valence electrons. The van der Waals surface area contributed by atoms with Crippen molar-refractivity contribution in [3.8, 4) is 0 Å². The molecular formula is C18H35N3. The zero-order valence-corrected chi connectivity index (χ0v) is 14.7. The third-order valence-corrected chi connectivity index (χ3v) is 3.94. The van der Waals surface area contributed by atoms with Crippen LogP contribution >= 0.6 is 0 Å². The van der Waals surface area contributed by atoms with Gasteiger partial charge in [-0.2, -0.15) is 0 Å².